The van der Waals surface area contributed by atoms with Gasteiger partial charge >= 0.3 is 0 Å². The molecule has 7 nitrogen and oxygen atoms in total. The summed E-state index contributed by atoms with van der Waals surface area (Å²) in [6.45, 7) is 3.24. The Morgan fingerprint density at radius 1 is 1.27 bits per heavy atom. The summed E-state index contributed by atoms with van der Waals surface area (Å²) < 4.78 is 10.6. The van der Waals surface area contributed by atoms with Crippen LogP contribution in [0.15, 0.2) is 24.3 Å². The van der Waals surface area contributed by atoms with E-state index in [2.05, 4.69) is 5.32 Å². The van der Waals surface area contributed by atoms with Crippen LogP contribution in [0.1, 0.15) is 29.6 Å². The highest BCUT2D eigenvalue weighted by molar-refractivity contribution is 5.94. The summed E-state index contributed by atoms with van der Waals surface area (Å²) >= 11 is 0. The van der Waals surface area contributed by atoms with Crippen molar-refractivity contribution in [2.45, 2.75) is 19.3 Å². The second kappa shape index (κ2) is 10.8. The Morgan fingerprint density at radius 2 is 2.04 bits per heavy atom. The van der Waals surface area contributed by atoms with Crippen molar-refractivity contribution in [1.29, 1.82) is 0 Å². The number of carbonyl (C=O) groups excluding carboxylic acids is 2. The van der Waals surface area contributed by atoms with Gasteiger partial charge < -0.3 is 25.4 Å². The predicted molar refractivity (Wildman–Crippen MR) is 99.1 cm³/mol. The molecule has 1 saturated heterocycles. The zero-order valence-electron chi connectivity index (χ0n) is 15.4. The number of nitrogens with one attached hydrogen (secondary N) is 1. The Morgan fingerprint density at radius 3 is 2.73 bits per heavy atom. The molecule has 1 fully saturated rings. The Bertz CT molecular complexity index is 577. The zero-order valence-corrected chi connectivity index (χ0v) is 15.4. The van der Waals surface area contributed by atoms with Gasteiger partial charge in [0.05, 0.1) is 12.5 Å². The highest BCUT2D eigenvalue weighted by Crippen LogP contribution is 2.20. The van der Waals surface area contributed by atoms with Crippen LogP contribution in [-0.4, -0.2) is 63.2 Å². The van der Waals surface area contributed by atoms with Gasteiger partial charge in [0, 0.05) is 51.9 Å². The third-order valence-corrected chi connectivity index (χ3v) is 4.39. The molecule has 7 heteroatoms. The Balaban J connectivity index is 1.88. The molecule has 1 aliphatic rings. The first-order valence-corrected chi connectivity index (χ1v) is 9.14. The summed E-state index contributed by atoms with van der Waals surface area (Å²) in [6, 6.07) is 7.14. The first kappa shape index (κ1) is 20.2. The van der Waals surface area contributed by atoms with Crippen LogP contribution in [0.2, 0.25) is 0 Å². The van der Waals surface area contributed by atoms with Gasteiger partial charge in [-0.2, -0.15) is 0 Å². The van der Waals surface area contributed by atoms with Gasteiger partial charge in [-0.25, -0.2) is 0 Å². The molecular formula is C19H29N3O4. The van der Waals surface area contributed by atoms with Gasteiger partial charge in [0.1, 0.15) is 5.75 Å². The molecule has 2 rings (SSSR count). The largest absolute Gasteiger partial charge is 0.494 e. The van der Waals surface area contributed by atoms with Crippen molar-refractivity contribution in [1.82, 2.24) is 10.2 Å². The summed E-state index contributed by atoms with van der Waals surface area (Å²) in [4.78, 5) is 26.6. The molecular weight excluding hydrogens is 334 g/mol. The molecule has 144 valence electrons. The number of likely N-dealkylation sites (tertiary alicyclic amines) is 1. The van der Waals surface area contributed by atoms with Gasteiger partial charge in [-0.3, -0.25) is 9.59 Å². The van der Waals surface area contributed by atoms with E-state index in [1.54, 1.807) is 36.3 Å². The number of hydrogen-bond donors (Lipinski definition) is 2. The summed E-state index contributed by atoms with van der Waals surface area (Å²) in [5.74, 6) is 0.498. The first-order chi connectivity index (χ1) is 12.7. The summed E-state index contributed by atoms with van der Waals surface area (Å²) in [5, 5.41) is 2.81. The van der Waals surface area contributed by atoms with E-state index in [1.165, 1.54) is 0 Å². The topological polar surface area (TPSA) is 93.9 Å². The number of methoxy groups -OCH3 is 1. The van der Waals surface area contributed by atoms with Crippen molar-refractivity contribution < 1.29 is 19.1 Å². The maximum atomic E-state index is 12.7. The molecule has 1 aromatic carbocycles. The van der Waals surface area contributed by atoms with Crippen LogP contribution in [0.4, 0.5) is 0 Å². The lowest BCUT2D eigenvalue weighted by atomic mass is 9.96. The lowest BCUT2D eigenvalue weighted by Gasteiger charge is -2.32. The summed E-state index contributed by atoms with van der Waals surface area (Å²) in [7, 11) is 1.66. The number of nitrogens with zero attached hydrogens (tertiary/aromatic N) is 1. The number of rotatable bonds is 9. The van der Waals surface area contributed by atoms with E-state index in [0.717, 1.165) is 25.0 Å². The maximum absolute atomic E-state index is 12.7. The number of hydrogen-bond acceptors (Lipinski definition) is 5. The number of nitrogens with two attached hydrogens (primary N) is 1. The molecule has 1 unspecified atom stereocenters. The van der Waals surface area contributed by atoms with E-state index in [1.807, 2.05) is 0 Å². The van der Waals surface area contributed by atoms with E-state index in [4.69, 9.17) is 15.2 Å². The summed E-state index contributed by atoms with van der Waals surface area (Å²) in [5.41, 5.74) is 6.03. The second-order valence-electron chi connectivity index (χ2n) is 6.39. The highest BCUT2D eigenvalue weighted by Gasteiger charge is 2.28. The molecule has 1 heterocycles. The fourth-order valence-electron chi connectivity index (χ4n) is 2.98. The van der Waals surface area contributed by atoms with Crippen molar-refractivity contribution >= 4 is 11.8 Å². The fourth-order valence-corrected chi connectivity index (χ4v) is 2.98. The average Bonchev–Trinajstić information content (AvgIpc) is 2.69. The number of ether oxygens (including phenoxy) is 2. The van der Waals surface area contributed by atoms with Crippen LogP contribution in [-0.2, 0) is 9.53 Å². The Labute approximate surface area is 154 Å². The van der Waals surface area contributed by atoms with Crippen molar-refractivity contribution in [2.24, 2.45) is 11.7 Å². The monoisotopic (exact) mass is 363 g/mol. The molecule has 2 amide bonds. The Kier molecular flexibility index (Phi) is 8.37. The highest BCUT2D eigenvalue weighted by atomic mass is 16.5. The molecule has 0 aromatic heterocycles. The fraction of sp³-hybridized carbons (Fsp3) is 0.579. The molecule has 0 saturated carbocycles. The number of carbonyl (C=O) groups is 2. The van der Waals surface area contributed by atoms with Crippen LogP contribution in [0, 0.1) is 5.92 Å². The maximum Gasteiger partial charge on any atom is 0.253 e. The van der Waals surface area contributed by atoms with Crippen molar-refractivity contribution in [3.63, 3.8) is 0 Å². The number of benzene rings is 1. The van der Waals surface area contributed by atoms with Gasteiger partial charge in [0.15, 0.2) is 0 Å². The van der Waals surface area contributed by atoms with Crippen LogP contribution < -0.4 is 15.8 Å². The predicted octanol–water partition coefficient (Wildman–Crippen LogP) is 1.03. The normalized spacial score (nSPS) is 17.0. The molecule has 1 aliphatic heterocycles. The minimum atomic E-state index is -0.164. The lowest BCUT2D eigenvalue weighted by Crippen LogP contribution is -2.46. The van der Waals surface area contributed by atoms with E-state index in [0.29, 0.717) is 45.0 Å². The first-order valence-electron chi connectivity index (χ1n) is 9.14. The molecule has 26 heavy (non-hydrogen) atoms. The molecule has 0 radical (unpaired) electrons. The van der Waals surface area contributed by atoms with Crippen LogP contribution >= 0.6 is 0 Å². The molecule has 1 atom stereocenters. The third-order valence-electron chi connectivity index (χ3n) is 4.39. The summed E-state index contributed by atoms with van der Waals surface area (Å²) in [6.07, 6.45) is 2.44. The number of piperidine rings is 1. The van der Waals surface area contributed by atoms with E-state index < -0.39 is 0 Å². The van der Waals surface area contributed by atoms with Gasteiger partial charge in [-0.05, 0) is 37.1 Å². The van der Waals surface area contributed by atoms with Crippen LogP contribution in [0.5, 0.6) is 5.75 Å². The van der Waals surface area contributed by atoms with Crippen molar-refractivity contribution in [3.05, 3.63) is 29.8 Å². The van der Waals surface area contributed by atoms with Crippen molar-refractivity contribution in [2.75, 3.05) is 46.5 Å². The van der Waals surface area contributed by atoms with E-state index >= 15 is 0 Å². The third kappa shape index (κ3) is 6.00. The van der Waals surface area contributed by atoms with Gasteiger partial charge in [0.2, 0.25) is 5.91 Å². The molecule has 1 aromatic rings. The minimum Gasteiger partial charge on any atom is -0.494 e. The quantitative estimate of drug-likeness (QED) is 0.639. The average molecular weight is 363 g/mol. The van der Waals surface area contributed by atoms with Gasteiger partial charge in [-0.1, -0.05) is 0 Å². The second-order valence-corrected chi connectivity index (χ2v) is 6.39. The van der Waals surface area contributed by atoms with E-state index in [9.17, 15) is 9.59 Å². The SMILES string of the molecule is COCCCOc1ccc(C(=O)N2CCCC(C(=O)NCCN)C2)cc1. The van der Waals surface area contributed by atoms with E-state index in [-0.39, 0.29) is 17.7 Å². The molecule has 3 N–H and O–H groups in total. The Hall–Kier alpha value is -2.12. The standard InChI is InChI=1S/C19H29N3O4/c1-25-12-3-13-26-17-7-5-15(6-8-17)19(24)22-11-2-4-16(14-22)18(23)21-10-9-20/h5-8,16H,2-4,9-14,20H2,1H3,(H,21,23). The van der Waals surface area contributed by atoms with Crippen molar-refractivity contribution in [3.8, 4) is 5.75 Å². The minimum absolute atomic E-state index is 0.0206. The molecule has 0 bridgehead atoms. The smallest absolute Gasteiger partial charge is 0.253 e. The molecule has 0 aliphatic carbocycles. The molecule has 0 spiro atoms. The van der Waals surface area contributed by atoms with Gasteiger partial charge in [0.25, 0.3) is 5.91 Å². The number of amides is 2. The zero-order chi connectivity index (χ0) is 18.8. The van der Waals surface area contributed by atoms with Gasteiger partial charge in [-0.15, -0.1) is 0 Å². The van der Waals surface area contributed by atoms with Crippen LogP contribution in [0.25, 0.3) is 0 Å². The van der Waals surface area contributed by atoms with Crippen LogP contribution in [0.3, 0.4) is 0 Å². The lowest BCUT2D eigenvalue weighted by molar-refractivity contribution is -0.126.